The molecule has 0 saturated carbocycles. The predicted molar refractivity (Wildman–Crippen MR) is 71.7 cm³/mol. The average molecular weight is 259 g/mol. The van der Waals surface area contributed by atoms with Gasteiger partial charge in [-0.3, -0.25) is 9.78 Å². The molecule has 0 saturated heterocycles. The minimum Gasteiger partial charge on any atom is -0.504 e. The SMILES string of the molecule is CC(C)c1cccc(-c2cncc(F)c2)c(=O)c1O. The van der Waals surface area contributed by atoms with Gasteiger partial charge in [0.2, 0.25) is 5.43 Å². The summed E-state index contributed by atoms with van der Waals surface area (Å²) in [5, 5.41) is 10.0. The Morgan fingerprint density at radius 2 is 2.00 bits per heavy atom. The topological polar surface area (TPSA) is 50.2 Å². The van der Waals surface area contributed by atoms with Gasteiger partial charge in [-0.05, 0) is 12.0 Å². The van der Waals surface area contributed by atoms with Crippen LogP contribution in [0, 0.1) is 5.82 Å². The fourth-order valence-electron chi connectivity index (χ4n) is 1.91. The molecule has 1 heterocycles. The molecule has 2 aromatic rings. The monoisotopic (exact) mass is 259 g/mol. The fraction of sp³-hybridized carbons (Fsp3) is 0.200. The number of hydrogen-bond donors (Lipinski definition) is 1. The largest absolute Gasteiger partial charge is 0.504 e. The summed E-state index contributed by atoms with van der Waals surface area (Å²) in [6, 6.07) is 6.15. The molecule has 0 atom stereocenters. The van der Waals surface area contributed by atoms with Gasteiger partial charge < -0.3 is 5.11 Å². The third-order valence-electron chi connectivity index (χ3n) is 2.91. The van der Waals surface area contributed by atoms with Gasteiger partial charge in [0.05, 0.1) is 6.20 Å². The summed E-state index contributed by atoms with van der Waals surface area (Å²) in [6.07, 6.45) is 2.46. The van der Waals surface area contributed by atoms with Crippen LogP contribution in [0.15, 0.2) is 41.5 Å². The molecule has 1 aromatic carbocycles. The smallest absolute Gasteiger partial charge is 0.228 e. The highest BCUT2D eigenvalue weighted by Crippen LogP contribution is 2.24. The highest BCUT2D eigenvalue weighted by Gasteiger charge is 2.12. The first-order valence-electron chi connectivity index (χ1n) is 5.98. The van der Waals surface area contributed by atoms with Crippen molar-refractivity contribution < 1.29 is 9.50 Å². The van der Waals surface area contributed by atoms with Crippen molar-refractivity contribution in [3.63, 3.8) is 0 Å². The van der Waals surface area contributed by atoms with Gasteiger partial charge >= 0.3 is 0 Å². The normalized spacial score (nSPS) is 10.7. The molecule has 2 rings (SSSR count). The first kappa shape index (κ1) is 13.2. The van der Waals surface area contributed by atoms with Gasteiger partial charge in [-0.15, -0.1) is 0 Å². The quantitative estimate of drug-likeness (QED) is 0.901. The molecule has 0 aliphatic rings. The Labute approximate surface area is 110 Å². The van der Waals surface area contributed by atoms with E-state index >= 15 is 0 Å². The Morgan fingerprint density at radius 1 is 1.26 bits per heavy atom. The van der Waals surface area contributed by atoms with Crippen LogP contribution in [0.5, 0.6) is 5.75 Å². The zero-order valence-corrected chi connectivity index (χ0v) is 10.7. The van der Waals surface area contributed by atoms with E-state index in [-0.39, 0.29) is 17.2 Å². The molecule has 98 valence electrons. The first-order chi connectivity index (χ1) is 9.00. The standard InChI is InChI=1S/C15H14FNO2/c1-9(2)12-4-3-5-13(15(19)14(12)18)10-6-11(16)8-17-7-10/h3-9H,1-2H3,(H,18,19). The number of aromatic nitrogens is 1. The average Bonchev–Trinajstić information content (AvgIpc) is 2.50. The lowest BCUT2D eigenvalue weighted by molar-refractivity contribution is 0.461. The molecular formula is C15H14FNO2. The van der Waals surface area contributed by atoms with Crippen molar-refractivity contribution in [2.45, 2.75) is 19.8 Å². The lowest BCUT2D eigenvalue weighted by Crippen LogP contribution is -2.03. The summed E-state index contributed by atoms with van der Waals surface area (Å²) < 4.78 is 13.2. The summed E-state index contributed by atoms with van der Waals surface area (Å²) in [5.74, 6) is -0.787. The number of halogens is 1. The van der Waals surface area contributed by atoms with E-state index in [4.69, 9.17) is 0 Å². The number of rotatable bonds is 2. The van der Waals surface area contributed by atoms with Gasteiger partial charge in [-0.2, -0.15) is 0 Å². The molecule has 0 unspecified atom stereocenters. The maximum atomic E-state index is 13.2. The number of pyridine rings is 1. The molecule has 0 aliphatic carbocycles. The van der Waals surface area contributed by atoms with E-state index in [1.807, 2.05) is 13.8 Å². The maximum absolute atomic E-state index is 13.2. The Bertz CT molecular complexity index is 668. The van der Waals surface area contributed by atoms with Crippen LogP contribution in [0.3, 0.4) is 0 Å². The molecule has 0 spiro atoms. The van der Waals surface area contributed by atoms with Crippen molar-refractivity contribution in [3.05, 3.63) is 58.3 Å². The van der Waals surface area contributed by atoms with Gasteiger partial charge in [0.25, 0.3) is 0 Å². The lowest BCUT2D eigenvalue weighted by atomic mass is 10.0. The molecular weight excluding hydrogens is 245 g/mol. The highest BCUT2D eigenvalue weighted by atomic mass is 19.1. The summed E-state index contributed by atoms with van der Waals surface area (Å²) in [5.41, 5.74) is 0.643. The molecule has 0 radical (unpaired) electrons. The van der Waals surface area contributed by atoms with Crippen molar-refractivity contribution in [2.24, 2.45) is 0 Å². The fourth-order valence-corrected chi connectivity index (χ4v) is 1.91. The molecule has 0 aliphatic heterocycles. The van der Waals surface area contributed by atoms with Crippen LogP contribution in [0.2, 0.25) is 0 Å². The second kappa shape index (κ2) is 5.18. The molecule has 0 amide bonds. The van der Waals surface area contributed by atoms with Gasteiger partial charge in [0.1, 0.15) is 5.82 Å². The van der Waals surface area contributed by atoms with E-state index in [9.17, 15) is 14.3 Å². The predicted octanol–water partition coefficient (Wildman–Crippen LogP) is 3.08. The number of hydrogen-bond acceptors (Lipinski definition) is 3. The molecule has 19 heavy (non-hydrogen) atoms. The van der Waals surface area contributed by atoms with Crippen LogP contribution < -0.4 is 5.43 Å². The van der Waals surface area contributed by atoms with Crippen molar-refractivity contribution in [1.82, 2.24) is 4.98 Å². The molecule has 1 N–H and O–H groups in total. The number of nitrogens with zero attached hydrogens (tertiary/aromatic N) is 1. The Kier molecular flexibility index (Phi) is 3.60. The van der Waals surface area contributed by atoms with Gasteiger partial charge in [-0.25, -0.2) is 4.39 Å². The molecule has 0 bridgehead atoms. The van der Waals surface area contributed by atoms with E-state index in [0.717, 1.165) is 6.20 Å². The maximum Gasteiger partial charge on any atom is 0.228 e. The Morgan fingerprint density at radius 3 is 2.63 bits per heavy atom. The van der Waals surface area contributed by atoms with Crippen molar-refractivity contribution in [2.75, 3.05) is 0 Å². The van der Waals surface area contributed by atoms with Crippen LogP contribution >= 0.6 is 0 Å². The Balaban J connectivity index is 2.71. The lowest BCUT2D eigenvalue weighted by Gasteiger charge is -2.03. The van der Waals surface area contributed by atoms with E-state index in [2.05, 4.69) is 4.98 Å². The highest BCUT2D eigenvalue weighted by molar-refractivity contribution is 5.64. The number of aromatic hydroxyl groups is 1. The van der Waals surface area contributed by atoms with Crippen molar-refractivity contribution in [1.29, 1.82) is 0 Å². The summed E-state index contributed by atoms with van der Waals surface area (Å²) in [4.78, 5) is 15.9. The minimum absolute atomic E-state index is 0.0265. The van der Waals surface area contributed by atoms with Crippen LogP contribution in [0.1, 0.15) is 25.3 Å². The summed E-state index contributed by atoms with van der Waals surface area (Å²) in [6.45, 7) is 3.77. The van der Waals surface area contributed by atoms with E-state index in [0.29, 0.717) is 11.1 Å². The summed E-state index contributed by atoms with van der Waals surface area (Å²) in [7, 11) is 0. The third kappa shape index (κ3) is 2.62. The van der Waals surface area contributed by atoms with Gasteiger partial charge in [-0.1, -0.05) is 32.0 Å². The van der Waals surface area contributed by atoms with Crippen LogP contribution in [-0.2, 0) is 0 Å². The van der Waals surface area contributed by atoms with Crippen molar-refractivity contribution >= 4 is 0 Å². The van der Waals surface area contributed by atoms with Gasteiger partial charge in [0.15, 0.2) is 5.75 Å². The zero-order valence-electron chi connectivity index (χ0n) is 10.7. The van der Waals surface area contributed by atoms with E-state index in [1.165, 1.54) is 12.3 Å². The minimum atomic E-state index is -0.521. The van der Waals surface area contributed by atoms with E-state index in [1.54, 1.807) is 18.2 Å². The second-order valence-electron chi connectivity index (χ2n) is 4.62. The molecule has 1 aromatic heterocycles. The van der Waals surface area contributed by atoms with Crippen LogP contribution in [-0.4, -0.2) is 10.1 Å². The first-order valence-corrected chi connectivity index (χ1v) is 5.98. The van der Waals surface area contributed by atoms with E-state index < -0.39 is 11.2 Å². The zero-order chi connectivity index (χ0) is 14.0. The molecule has 4 heteroatoms. The summed E-state index contributed by atoms with van der Waals surface area (Å²) >= 11 is 0. The molecule has 0 fully saturated rings. The van der Waals surface area contributed by atoms with Gasteiger partial charge in [0, 0.05) is 22.9 Å². The van der Waals surface area contributed by atoms with Crippen LogP contribution in [0.4, 0.5) is 4.39 Å². The van der Waals surface area contributed by atoms with Crippen molar-refractivity contribution in [3.8, 4) is 16.9 Å². The Hall–Kier alpha value is -2.23. The second-order valence-corrected chi connectivity index (χ2v) is 4.62. The molecule has 3 nitrogen and oxygen atoms in total. The van der Waals surface area contributed by atoms with Crippen LogP contribution in [0.25, 0.3) is 11.1 Å². The third-order valence-corrected chi connectivity index (χ3v) is 2.91.